The molecule has 0 aliphatic carbocycles. The maximum Gasteiger partial charge on any atom is 0.463 e. The Hall–Kier alpha value is -2.06. The van der Waals surface area contributed by atoms with Gasteiger partial charge in [0.2, 0.25) is 0 Å². The van der Waals surface area contributed by atoms with E-state index in [9.17, 15) is 26.7 Å². The van der Waals surface area contributed by atoms with E-state index < -0.39 is 24.6 Å². The molecule has 1 rings (SSSR count). The lowest BCUT2D eigenvalue weighted by atomic mass is 10.1. The number of methoxy groups -OCH3 is 1. The summed E-state index contributed by atoms with van der Waals surface area (Å²) in [5, 5.41) is 1.50. The number of halogens is 5. The van der Waals surface area contributed by atoms with E-state index in [2.05, 4.69) is 0 Å². The van der Waals surface area contributed by atoms with Gasteiger partial charge in [-0.1, -0.05) is 0 Å². The van der Waals surface area contributed by atoms with Gasteiger partial charge in [0.25, 0.3) is 0 Å². The van der Waals surface area contributed by atoms with E-state index in [4.69, 9.17) is 10.5 Å². The van der Waals surface area contributed by atoms with Gasteiger partial charge in [0.1, 0.15) is 5.75 Å². The largest absolute Gasteiger partial charge is 0.496 e. The topological polar surface area (TPSA) is 64.3 Å². The van der Waals surface area contributed by atoms with E-state index >= 15 is 0 Å². The minimum absolute atomic E-state index is 0.179. The second kappa shape index (κ2) is 5.51. The van der Waals surface area contributed by atoms with Gasteiger partial charge < -0.3 is 15.8 Å². The van der Waals surface area contributed by atoms with Crippen molar-refractivity contribution in [2.24, 2.45) is 0 Å². The maximum atomic E-state index is 12.7. The Bertz CT molecular complexity index is 502. The zero-order chi connectivity index (χ0) is 15.6. The molecule has 0 saturated heterocycles. The number of ether oxygens (including phenoxy) is 1. The normalized spacial score (nSPS) is 12.1. The number of anilines is 1. The van der Waals surface area contributed by atoms with E-state index in [0.29, 0.717) is 0 Å². The van der Waals surface area contributed by atoms with Gasteiger partial charge in [-0.2, -0.15) is 22.0 Å². The monoisotopic (exact) mass is 298 g/mol. The number of nitrogens with two attached hydrogens (primary N) is 1. The summed E-state index contributed by atoms with van der Waals surface area (Å²) in [6.07, 6.45) is -5.95. The smallest absolute Gasteiger partial charge is 0.463 e. The van der Waals surface area contributed by atoms with Crippen molar-refractivity contribution in [3.05, 3.63) is 23.8 Å². The summed E-state index contributed by atoms with van der Waals surface area (Å²) in [4.78, 5) is 10.9. The molecule has 9 heteroatoms. The van der Waals surface area contributed by atoms with Crippen LogP contribution >= 0.6 is 0 Å². The van der Waals surface area contributed by atoms with E-state index in [-0.39, 0.29) is 17.0 Å². The highest BCUT2D eigenvalue weighted by atomic mass is 19.4. The van der Waals surface area contributed by atoms with Crippen LogP contribution in [0.4, 0.5) is 27.6 Å². The average Bonchev–Trinajstić information content (AvgIpc) is 2.34. The van der Waals surface area contributed by atoms with Crippen molar-refractivity contribution in [3.8, 4) is 5.75 Å². The summed E-state index contributed by atoms with van der Waals surface area (Å²) >= 11 is 0. The van der Waals surface area contributed by atoms with E-state index in [1.54, 1.807) is 0 Å². The molecule has 1 aromatic rings. The molecule has 0 aromatic heterocycles. The van der Waals surface area contributed by atoms with Crippen LogP contribution in [0.5, 0.6) is 5.75 Å². The van der Waals surface area contributed by atoms with Crippen molar-refractivity contribution in [1.82, 2.24) is 5.32 Å². The first-order valence-corrected chi connectivity index (χ1v) is 5.25. The van der Waals surface area contributed by atoms with E-state index in [1.807, 2.05) is 0 Å². The molecule has 4 nitrogen and oxygen atoms in total. The Morgan fingerprint density at radius 3 is 2.40 bits per heavy atom. The lowest BCUT2D eigenvalue weighted by Crippen LogP contribution is -2.50. The number of hydrogen-bond donors (Lipinski definition) is 2. The zero-order valence-electron chi connectivity index (χ0n) is 10.2. The second-order valence-electron chi connectivity index (χ2n) is 3.83. The molecular weight excluding hydrogens is 287 g/mol. The molecule has 0 bridgehead atoms. The predicted octanol–water partition coefficient (Wildman–Crippen LogP) is 2.09. The van der Waals surface area contributed by atoms with E-state index in [0.717, 1.165) is 0 Å². The molecule has 112 valence electrons. The number of hydrogen-bond acceptors (Lipinski definition) is 3. The molecule has 0 saturated carbocycles. The summed E-state index contributed by atoms with van der Waals surface area (Å²) in [6.45, 7) is -0.571. The van der Waals surface area contributed by atoms with Crippen LogP contribution in [0.2, 0.25) is 0 Å². The molecule has 20 heavy (non-hydrogen) atoms. The van der Waals surface area contributed by atoms with Gasteiger partial charge in [-0.15, -0.1) is 0 Å². The van der Waals surface area contributed by atoms with Crippen molar-refractivity contribution >= 4 is 11.6 Å². The molecule has 0 heterocycles. The quantitative estimate of drug-likeness (QED) is 0.661. The first-order valence-electron chi connectivity index (χ1n) is 5.25. The number of carbonyl (C=O) groups excluding carboxylic acids is 1. The summed E-state index contributed by atoms with van der Waals surface area (Å²) in [5.41, 5.74) is 5.87. The Kier molecular flexibility index (Phi) is 4.41. The van der Waals surface area contributed by atoms with Crippen LogP contribution in [0.25, 0.3) is 0 Å². The molecular formula is C11H11F5N2O2. The van der Waals surface area contributed by atoms with Crippen LogP contribution in [0.3, 0.4) is 0 Å². The lowest BCUT2D eigenvalue weighted by molar-refractivity contribution is -0.269. The average molecular weight is 298 g/mol. The van der Waals surface area contributed by atoms with Gasteiger partial charge in [-0.3, -0.25) is 4.79 Å². The van der Waals surface area contributed by atoms with Crippen LogP contribution < -0.4 is 15.8 Å². The molecule has 3 N–H and O–H groups in total. The minimum atomic E-state index is -5.95. The summed E-state index contributed by atoms with van der Waals surface area (Å²) in [5.74, 6) is -7.69. The first kappa shape index (κ1) is 16.0. The first-order chi connectivity index (χ1) is 9.09. The van der Waals surface area contributed by atoms with Gasteiger partial charge in [0.15, 0.2) is 0 Å². The number of nitrogen functional groups attached to an aromatic ring is 1. The Balaban J connectivity index is 2.83. The summed E-state index contributed by atoms with van der Waals surface area (Å²) < 4.78 is 66.2. The number of amides is 1. The van der Waals surface area contributed by atoms with Gasteiger partial charge >= 0.3 is 18.0 Å². The fourth-order valence-corrected chi connectivity index (χ4v) is 1.35. The Morgan fingerprint density at radius 1 is 1.30 bits per heavy atom. The second-order valence-corrected chi connectivity index (χ2v) is 3.83. The SMILES string of the molecule is COc1ccc(N)cc1CNC(=O)C(F)(F)C(F)(F)F. The maximum absolute atomic E-state index is 12.7. The van der Waals surface area contributed by atoms with Crippen molar-refractivity contribution in [2.45, 2.75) is 18.6 Å². The molecule has 0 aliphatic rings. The van der Waals surface area contributed by atoms with Gasteiger partial charge in [-0.25, -0.2) is 0 Å². The fraction of sp³-hybridized carbons (Fsp3) is 0.364. The molecule has 0 radical (unpaired) electrons. The molecule has 0 spiro atoms. The number of rotatable bonds is 4. The van der Waals surface area contributed by atoms with E-state index in [1.165, 1.54) is 30.6 Å². The molecule has 0 fully saturated rings. The lowest BCUT2D eigenvalue weighted by Gasteiger charge is -2.19. The third kappa shape index (κ3) is 3.28. The Morgan fingerprint density at radius 2 is 1.90 bits per heavy atom. The predicted molar refractivity (Wildman–Crippen MR) is 60.3 cm³/mol. The molecule has 1 amide bonds. The highest BCUT2D eigenvalue weighted by molar-refractivity contribution is 5.84. The van der Waals surface area contributed by atoms with Crippen LogP contribution in [0.15, 0.2) is 18.2 Å². The van der Waals surface area contributed by atoms with Crippen molar-refractivity contribution in [1.29, 1.82) is 0 Å². The van der Waals surface area contributed by atoms with Crippen LogP contribution in [-0.2, 0) is 11.3 Å². The third-order valence-electron chi connectivity index (χ3n) is 2.39. The minimum Gasteiger partial charge on any atom is -0.496 e. The molecule has 0 aliphatic heterocycles. The van der Waals surface area contributed by atoms with Crippen LogP contribution in [0.1, 0.15) is 5.56 Å². The number of benzene rings is 1. The molecule has 0 atom stereocenters. The van der Waals surface area contributed by atoms with Crippen LogP contribution in [-0.4, -0.2) is 25.1 Å². The summed E-state index contributed by atoms with van der Waals surface area (Å²) in [7, 11) is 1.28. The highest BCUT2D eigenvalue weighted by Crippen LogP contribution is 2.35. The summed E-state index contributed by atoms with van der Waals surface area (Å²) in [6, 6.07) is 4.15. The number of alkyl halides is 5. The van der Waals surface area contributed by atoms with Gasteiger partial charge in [-0.05, 0) is 18.2 Å². The number of nitrogens with one attached hydrogen (secondary N) is 1. The van der Waals surface area contributed by atoms with Crippen molar-refractivity contribution in [2.75, 3.05) is 12.8 Å². The Labute approximate surface area is 110 Å². The van der Waals surface area contributed by atoms with Gasteiger partial charge in [0, 0.05) is 17.8 Å². The van der Waals surface area contributed by atoms with Crippen molar-refractivity contribution in [3.63, 3.8) is 0 Å². The van der Waals surface area contributed by atoms with Crippen molar-refractivity contribution < 1.29 is 31.5 Å². The van der Waals surface area contributed by atoms with Crippen LogP contribution in [0, 0.1) is 0 Å². The standard InChI is InChI=1S/C11H11F5N2O2/c1-20-8-3-2-7(17)4-6(8)5-18-9(19)10(12,13)11(14,15)16/h2-4H,5,17H2,1H3,(H,18,19). The van der Waals surface area contributed by atoms with Gasteiger partial charge in [0.05, 0.1) is 7.11 Å². The molecule has 1 aromatic carbocycles. The zero-order valence-corrected chi connectivity index (χ0v) is 10.2. The molecule has 0 unspecified atom stereocenters. The number of carbonyl (C=O) groups is 1. The third-order valence-corrected chi connectivity index (χ3v) is 2.39. The highest BCUT2D eigenvalue weighted by Gasteiger charge is 2.63. The fourth-order valence-electron chi connectivity index (χ4n) is 1.35.